The molecule has 2 aromatic heterocycles. The number of carboxylic acid groups (broad SMARTS) is 1. The second-order valence-electron chi connectivity index (χ2n) is 5.27. The van der Waals surface area contributed by atoms with Gasteiger partial charge in [-0.1, -0.05) is 0 Å². The molecule has 1 amide bonds. The van der Waals surface area contributed by atoms with Crippen LogP contribution in [0.5, 0.6) is 0 Å². The second-order valence-corrected chi connectivity index (χ2v) is 6.13. The van der Waals surface area contributed by atoms with Crippen LogP contribution in [0.4, 0.5) is 0 Å². The normalized spacial score (nSPS) is 18.1. The molecule has 0 bridgehead atoms. The average Bonchev–Trinajstić information content (AvgIpc) is 3.15. The highest BCUT2D eigenvalue weighted by Crippen LogP contribution is 2.26. The highest BCUT2D eigenvalue weighted by Gasteiger charge is 2.31. The second kappa shape index (κ2) is 6.51. The van der Waals surface area contributed by atoms with Crippen LogP contribution in [0.3, 0.4) is 0 Å². The molecule has 1 N–H and O–H groups in total. The van der Waals surface area contributed by atoms with E-state index in [1.165, 1.54) is 16.2 Å². The molecule has 0 spiro atoms. The lowest BCUT2D eigenvalue weighted by Crippen LogP contribution is -2.49. The van der Waals surface area contributed by atoms with Gasteiger partial charge in [0.25, 0.3) is 5.91 Å². The summed E-state index contributed by atoms with van der Waals surface area (Å²) in [6.45, 7) is 2.83. The summed E-state index contributed by atoms with van der Waals surface area (Å²) in [5.41, 5.74) is 0.302. The first kappa shape index (κ1) is 15.7. The van der Waals surface area contributed by atoms with E-state index in [2.05, 4.69) is 4.98 Å². The number of carbonyl (C=O) groups excluding carboxylic acids is 1. The molecule has 0 aromatic carbocycles. The third kappa shape index (κ3) is 3.43. The van der Waals surface area contributed by atoms with Crippen LogP contribution < -0.4 is 0 Å². The molecule has 3 rings (SSSR count). The number of carboxylic acids is 1. The molecule has 0 aliphatic carbocycles. The van der Waals surface area contributed by atoms with E-state index in [9.17, 15) is 9.59 Å². The minimum absolute atomic E-state index is 0.139. The monoisotopic (exact) mass is 336 g/mol. The Hall–Kier alpha value is -2.19. The fraction of sp³-hybridized carbons (Fsp3) is 0.400. The van der Waals surface area contributed by atoms with Crippen LogP contribution >= 0.6 is 11.3 Å². The van der Waals surface area contributed by atoms with E-state index in [-0.39, 0.29) is 18.9 Å². The van der Waals surface area contributed by atoms with Gasteiger partial charge in [-0.3, -0.25) is 9.59 Å². The molecule has 1 saturated heterocycles. The van der Waals surface area contributed by atoms with Crippen molar-refractivity contribution in [1.82, 2.24) is 9.88 Å². The molecule has 0 saturated carbocycles. The smallest absolute Gasteiger partial charge is 0.305 e. The summed E-state index contributed by atoms with van der Waals surface area (Å²) < 4.78 is 10.8. The lowest BCUT2D eigenvalue weighted by atomic mass is 10.1. The number of nitrogens with zero attached hydrogens (tertiary/aromatic N) is 2. The molecular weight excluding hydrogens is 320 g/mol. The maximum Gasteiger partial charge on any atom is 0.305 e. The number of morpholine rings is 1. The molecule has 2 aromatic rings. The number of aromatic nitrogens is 1. The highest BCUT2D eigenvalue weighted by molar-refractivity contribution is 7.13. The minimum atomic E-state index is -0.955. The van der Waals surface area contributed by atoms with Crippen molar-refractivity contribution >= 4 is 23.2 Å². The summed E-state index contributed by atoms with van der Waals surface area (Å²) in [5, 5.41) is 11.3. The predicted octanol–water partition coefficient (Wildman–Crippen LogP) is 2.03. The largest absolute Gasteiger partial charge is 0.481 e. The summed E-state index contributed by atoms with van der Waals surface area (Å²) in [5.74, 6) is 0.169. The lowest BCUT2D eigenvalue weighted by molar-refractivity contribution is -0.139. The molecular formula is C15H16N2O5S. The number of rotatable bonds is 4. The Labute approximate surface area is 136 Å². The van der Waals surface area contributed by atoms with Crippen molar-refractivity contribution < 1.29 is 23.8 Å². The van der Waals surface area contributed by atoms with Gasteiger partial charge >= 0.3 is 5.97 Å². The van der Waals surface area contributed by atoms with Crippen molar-refractivity contribution in [2.75, 3.05) is 19.8 Å². The zero-order valence-electron chi connectivity index (χ0n) is 12.5. The summed E-state index contributed by atoms with van der Waals surface area (Å²) in [4.78, 5) is 29.4. The number of hydrogen-bond acceptors (Lipinski definition) is 6. The Kier molecular flexibility index (Phi) is 4.44. The number of hydrogen-bond donors (Lipinski definition) is 1. The lowest BCUT2D eigenvalue weighted by Gasteiger charge is -2.34. The molecule has 1 atom stereocenters. The molecule has 1 aliphatic rings. The van der Waals surface area contributed by atoms with Gasteiger partial charge in [-0.15, -0.1) is 11.3 Å². The van der Waals surface area contributed by atoms with Gasteiger partial charge in [0.15, 0.2) is 10.8 Å². The van der Waals surface area contributed by atoms with Crippen molar-refractivity contribution in [1.29, 1.82) is 0 Å². The number of amides is 1. The van der Waals surface area contributed by atoms with Crippen molar-refractivity contribution in [3.63, 3.8) is 0 Å². The molecule has 122 valence electrons. The Morgan fingerprint density at radius 2 is 2.30 bits per heavy atom. The van der Waals surface area contributed by atoms with E-state index in [0.29, 0.717) is 29.6 Å². The quantitative estimate of drug-likeness (QED) is 0.918. The van der Waals surface area contributed by atoms with Crippen molar-refractivity contribution in [3.8, 4) is 10.8 Å². The molecule has 7 nitrogen and oxygen atoms in total. The first-order chi connectivity index (χ1) is 11.0. The Morgan fingerprint density at radius 3 is 3.00 bits per heavy atom. The summed E-state index contributed by atoms with van der Waals surface area (Å²) >= 11 is 1.32. The van der Waals surface area contributed by atoms with Crippen LogP contribution in [0, 0.1) is 6.92 Å². The van der Waals surface area contributed by atoms with Crippen LogP contribution in [0.25, 0.3) is 10.8 Å². The fourth-order valence-corrected chi connectivity index (χ4v) is 3.23. The van der Waals surface area contributed by atoms with Gasteiger partial charge in [-0.2, -0.15) is 0 Å². The Balaban J connectivity index is 1.79. The number of thiazole rings is 1. The van der Waals surface area contributed by atoms with Gasteiger partial charge in [-0.05, 0) is 19.1 Å². The van der Waals surface area contributed by atoms with E-state index < -0.39 is 12.0 Å². The first-order valence-corrected chi connectivity index (χ1v) is 8.05. The summed E-state index contributed by atoms with van der Waals surface area (Å²) in [6, 6.07) is 3.18. The molecule has 3 heterocycles. The van der Waals surface area contributed by atoms with Gasteiger partial charge in [0, 0.05) is 11.9 Å². The summed E-state index contributed by atoms with van der Waals surface area (Å²) in [6.07, 6.45) is -0.139. The zero-order chi connectivity index (χ0) is 16.4. The number of aryl methyl sites for hydroxylation is 1. The molecule has 23 heavy (non-hydrogen) atoms. The minimum Gasteiger partial charge on any atom is -0.481 e. The van der Waals surface area contributed by atoms with Gasteiger partial charge in [0.2, 0.25) is 0 Å². The molecule has 1 fully saturated rings. The molecule has 0 radical (unpaired) electrons. The molecule has 8 heteroatoms. The van der Waals surface area contributed by atoms with Gasteiger partial charge in [0.1, 0.15) is 11.5 Å². The third-order valence-corrected chi connectivity index (χ3v) is 4.43. The van der Waals surface area contributed by atoms with Crippen LogP contribution in [-0.2, 0) is 9.53 Å². The van der Waals surface area contributed by atoms with E-state index in [1.54, 1.807) is 5.38 Å². The van der Waals surface area contributed by atoms with Crippen LogP contribution in [-0.4, -0.2) is 52.7 Å². The average molecular weight is 336 g/mol. The maximum atomic E-state index is 12.6. The fourth-order valence-electron chi connectivity index (χ4n) is 2.47. The highest BCUT2D eigenvalue weighted by atomic mass is 32.1. The Morgan fingerprint density at radius 1 is 1.48 bits per heavy atom. The van der Waals surface area contributed by atoms with Crippen LogP contribution in [0.2, 0.25) is 0 Å². The molecule has 1 aliphatic heterocycles. The first-order valence-electron chi connectivity index (χ1n) is 7.17. The standard InChI is InChI=1S/C15H16N2O5S/c1-9-2-3-12(22-9)14-16-11(8-23-14)15(20)17-4-5-21-7-10(17)6-13(18)19/h2-3,8,10H,4-7H2,1H3,(H,18,19). The molecule has 1 unspecified atom stereocenters. The topological polar surface area (TPSA) is 92.9 Å². The zero-order valence-corrected chi connectivity index (χ0v) is 13.3. The van der Waals surface area contributed by atoms with Crippen molar-refractivity contribution in [2.24, 2.45) is 0 Å². The van der Waals surface area contributed by atoms with Crippen molar-refractivity contribution in [3.05, 3.63) is 29.0 Å². The predicted molar refractivity (Wildman–Crippen MR) is 82.4 cm³/mol. The van der Waals surface area contributed by atoms with E-state index >= 15 is 0 Å². The number of ether oxygens (including phenoxy) is 1. The number of carbonyl (C=O) groups is 2. The number of furan rings is 1. The van der Waals surface area contributed by atoms with E-state index in [1.807, 2.05) is 19.1 Å². The maximum absolute atomic E-state index is 12.6. The van der Waals surface area contributed by atoms with Crippen LogP contribution in [0.15, 0.2) is 21.9 Å². The van der Waals surface area contributed by atoms with E-state index in [0.717, 1.165) is 5.76 Å². The number of aliphatic carboxylic acids is 1. The van der Waals surface area contributed by atoms with Gasteiger partial charge in [0.05, 0.1) is 25.7 Å². The Bertz CT molecular complexity index is 723. The van der Waals surface area contributed by atoms with Gasteiger partial charge < -0.3 is 19.2 Å². The SMILES string of the molecule is Cc1ccc(-c2nc(C(=O)N3CCOCC3CC(=O)O)cs2)o1. The van der Waals surface area contributed by atoms with Crippen LogP contribution in [0.1, 0.15) is 22.7 Å². The van der Waals surface area contributed by atoms with Gasteiger partial charge in [-0.25, -0.2) is 4.98 Å². The third-order valence-electron chi connectivity index (χ3n) is 3.57. The van der Waals surface area contributed by atoms with Crippen molar-refractivity contribution in [2.45, 2.75) is 19.4 Å². The van der Waals surface area contributed by atoms with E-state index in [4.69, 9.17) is 14.3 Å². The summed E-state index contributed by atoms with van der Waals surface area (Å²) in [7, 11) is 0.